The fourth-order valence-corrected chi connectivity index (χ4v) is 5.79. The summed E-state index contributed by atoms with van der Waals surface area (Å²) in [5.74, 6) is -0.987. The first kappa shape index (κ1) is 21.6. The molecule has 1 N–H and O–H groups in total. The quantitative estimate of drug-likeness (QED) is 0.724. The number of nitrogens with one attached hydrogen (secondary N) is 1. The Morgan fingerprint density at radius 1 is 1.41 bits per heavy atom. The van der Waals surface area contributed by atoms with E-state index in [9.17, 15) is 18.0 Å². The maximum absolute atomic E-state index is 13.0. The summed E-state index contributed by atoms with van der Waals surface area (Å²) in [5.41, 5.74) is -0.667. The lowest BCUT2D eigenvalue weighted by Crippen LogP contribution is -2.54. The van der Waals surface area contributed by atoms with Crippen LogP contribution in [0.25, 0.3) is 0 Å². The predicted octanol–water partition coefficient (Wildman–Crippen LogP) is 1.38. The lowest BCUT2D eigenvalue weighted by atomic mass is 10.0. The van der Waals surface area contributed by atoms with Gasteiger partial charge < -0.3 is 10.1 Å². The van der Waals surface area contributed by atoms with E-state index in [1.165, 1.54) is 36.3 Å². The van der Waals surface area contributed by atoms with Crippen LogP contribution in [-0.4, -0.2) is 58.4 Å². The normalized spacial score (nSPS) is 20.3. The van der Waals surface area contributed by atoms with E-state index < -0.39 is 38.3 Å². The van der Waals surface area contributed by atoms with Crippen LogP contribution in [0.5, 0.6) is 0 Å². The van der Waals surface area contributed by atoms with E-state index in [1.807, 2.05) is 0 Å². The summed E-state index contributed by atoms with van der Waals surface area (Å²) in [6.07, 6.45) is 2.73. The summed E-state index contributed by atoms with van der Waals surface area (Å²) in [7, 11) is -3.90. The van der Waals surface area contributed by atoms with Crippen LogP contribution < -0.4 is 5.32 Å². The van der Waals surface area contributed by atoms with E-state index in [2.05, 4.69) is 10.3 Å². The summed E-state index contributed by atoms with van der Waals surface area (Å²) in [5, 5.41) is 2.51. The van der Waals surface area contributed by atoms with Gasteiger partial charge in [-0.1, -0.05) is 0 Å². The van der Waals surface area contributed by atoms with Crippen molar-refractivity contribution in [2.75, 3.05) is 12.4 Å². The van der Waals surface area contributed by atoms with Gasteiger partial charge in [-0.05, 0) is 46.8 Å². The molecular weight excluding hydrogens is 390 g/mol. The summed E-state index contributed by atoms with van der Waals surface area (Å²) in [4.78, 5) is 28.5. The number of nitrogens with zero attached hydrogens (tertiary/aromatic N) is 2. The fraction of sp³-hybridized carbons (Fsp3) is 0.588. The average Bonchev–Trinajstić information content (AvgIpc) is 2.88. The van der Waals surface area contributed by atoms with E-state index in [-0.39, 0.29) is 17.3 Å². The molecule has 1 aliphatic heterocycles. The Bertz CT molecular complexity index is 804. The first-order valence-corrected chi connectivity index (χ1v) is 10.8. The molecule has 1 aliphatic rings. The van der Waals surface area contributed by atoms with E-state index in [4.69, 9.17) is 4.74 Å². The Kier molecular flexibility index (Phi) is 6.23. The molecule has 27 heavy (non-hydrogen) atoms. The zero-order valence-corrected chi connectivity index (χ0v) is 17.7. The van der Waals surface area contributed by atoms with Crippen molar-refractivity contribution >= 4 is 33.7 Å². The maximum Gasteiger partial charge on any atom is 0.325 e. The predicted molar refractivity (Wildman–Crippen MR) is 102 cm³/mol. The van der Waals surface area contributed by atoms with Gasteiger partial charge in [0.1, 0.15) is 23.1 Å². The molecule has 1 atom stereocenters. The molecule has 1 aromatic rings. The second-order valence-electron chi connectivity index (χ2n) is 7.66. The van der Waals surface area contributed by atoms with Crippen molar-refractivity contribution in [3.63, 3.8) is 0 Å². The lowest BCUT2D eigenvalue weighted by molar-refractivity contribution is -0.154. The van der Waals surface area contributed by atoms with E-state index in [0.717, 1.165) is 4.31 Å². The average molecular weight is 416 g/mol. The molecule has 0 radical (unpaired) electrons. The van der Waals surface area contributed by atoms with E-state index in [1.54, 1.807) is 34.6 Å². The second kappa shape index (κ2) is 7.76. The van der Waals surface area contributed by atoms with Gasteiger partial charge in [-0.15, -0.1) is 11.8 Å². The standard InChI is InChI=1S/C17H25N3O5S2/c1-16(2,3)25-13(21)10-19-15(22)14-17(4,5)26-11-20(14)27(23,24)12-7-6-8-18-9-12/h6-9,14H,10-11H2,1-5H3,(H,19,22)/t14-/m1/s1. The molecule has 0 spiro atoms. The smallest absolute Gasteiger partial charge is 0.325 e. The molecule has 2 rings (SSSR count). The van der Waals surface area contributed by atoms with Crippen LogP contribution in [0, 0.1) is 0 Å². The SMILES string of the molecule is CC(C)(C)OC(=O)CNC(=O)[C@H]1N(S(=O)(=O)c2cccnc2)CSC1(C)C. The first-order chi connectivity index (χ1) is 12.3. The molecule has 1 aromatic heterocycles. The van der Waals surface area contributed by atoms with Crippen LogP contribution in [-0.2, 0) is 24.3 Å². The van der Waals surface area contributed by atoms with Crippen molar-refractivity contribution < 1.29 is 22.7 Å². The molecule has 150 valence electrons. The van der Waals surface area contributed by atoms with E-state index >= 15 is 0 Å². The summed E-state index contributed by atoms with van der Waals surface area (Å²) in [6, 6.07) is 2.00. The Hall–Kier alpha value is -1.65. The Balaban J connectivity index is 2.19. The Morgan fingerprint density at radius 3 is 2.63 bits per heavy atom. The number of ether oxygens (including phenoxy) is 1. The summed E-state index contributed by atoms with van der Waals surface area (Å²) >= 11 is 1.36. The van der Waals surface area contributed by atoms with Crippen LogP contribution in [0.1, 0.15) is 34.6 Å². The molecule has 2 heterocycles. The van der Waals surface area contributed by atoms with Gasteiger partial charge in [-0.25, -0.2) is 8.42 Å². The lowest BCUT2D eigenvalue weighted by Gasteiger charge is -2.29. The molecule has 1 saturated heterocycles. The minimum atomic E-state index is -3.90. The third-order valence-corrected chi connectivity index (χ3v) is 7.16. The zero-order valence-electron chi connectivity index (χ0n) is 16.1. The fourth-order valence-electron chi connectivity index (χ4n) is 2.65. The zero-order chi connectivity index (χ0) is 20.5. The number of aromatic nitrogens is 1. The van der Waals surface area contributed by atoms with Crippen LogP contribution in [0.2, 0.25) is 0 Å². The number of hydrogen-bond donors (Lipinski definition) is 1. The maximum atomic E-state index is 13.0. The molecule has 0 aromatic carbocycles. The highest BCUT2D eigenvalue weighted by molar-refractivity contribution is 8.02. The number of carbonyl (C=O) groups is 2. The highest BCUT2D eigenvalue weighted by atomic mass is 32.2. The van der Waals surface area contributed by atoms with Crippen molar-refractivity contribution in [2.45, 2.75) is 55.9 Å². The first-order valence-electron chi connectivity index (χ1n) is 8.40. The molecule has 1 fully saturated rings. The number of amides is 1. The van der Waals surface area contributed by atoms with Crippen molar-refractivity contribution in [3.8, 4) is 0 Å². The molecule has 1 amide bonds. The number of sulfonamides is 1. The third-order valence-electron chi connectivity index (χ3n) is 3.83. The van der Waals surface area contributed by atoms with Gasteiger partial charge >= 0.3 is 5.97 Å². The van der Waals surface area contributed by atoms with Crippen LogP contribution in [0.4, 0.5) is 0 Å². The van der Waals surface area contributed by atoms with Gasteiger partial charge in [-0.3, -0.25) is 14.6 Å². The molecule has 0 bridgehead atoms. The summed E-state index contributed by atoms with van der Waals surface area (Å²) in [6.45, 7) is 8.46. The van der Waals surface area contributed by atoms with Gasteiger partial charge in [0, 0.05) is 17.1 Å². The van der Waals surface area contributed by atoms with Crippen LogP contribution >= 0.6 is 11.8 Å². The monoisotopic (exact) mass is 415 g/mol. The highest BCUT2D eigenvalue weighted by Crippen LogP contribution is 2.42. The molecule has 8 nitrogen and oxygen atoms in total. The van der Waals surface area contributed by atoms with Gasteiger partial charge in [0.05, 0.1) is 5.88 Å². The second-order valence-corrected chi connectivity index (χ2v) is 11.2. The van der Waals surface area contributed by atoms with E-state index in [0.29, 0.717) is 0 Å². The molecular formula is C17H25N3O5S2. The van der Waals surface area contributed by atoms with Crippen molar-refractivity contribution in [3.05, 3.63) is 24.5 Å². The van der Waals surface area contributed by atoms with Crippen molar-refractivity contribution in [2.24, 2.45) is 0 Å². The Morgan fingerprint density at radius 2 is 2.07 bits per heavy atom. The van der Waals surface area contributed by atoms with Crippen LogP contribution in [0.3, 0.4) is 0 Å². The van der Waals surface area contributed by atoms with Crippen molar-refractivity contribution in [1.29, 1.82) is 0 Å². The summed E-state index contributed by atoms with van der Waals surface area (Å²) < 4.78 is 31.6. The third kappa shape index (κ3) is 5.20. The molecule has 10 heteroatoms. The number of carbonyl (C=O) groups excluding carboxylic acids is 2. The topological polar surface area (TPSA) is 106 Å². The number of rotatable bonds is 5. The van der Waals surface area contributed by atoms with Crippen molar-refractivity contribution in [1.82, 2.24) is 14.6 Å². The molecule has 0 unspecified atom stereocenters. The number of pyridine rings is 1. The van der Waals surface area contributed by atoms with Gasteiger partial charge in [0.15, 0.2) is 0 Å². The Labute approximate surface area is 164 Å². The van der Waals surface area contributed by atoms with Gasteiger partial charge in [0.25, 0.3) is 0 Å². The van der Waals surface area contributed by atoms with Gasteiger partial charge in [0.2, 0.25) is 15.9 Å². The molecule has 0 saturated carbocycles. The number of esters is 1. The van der Waals surface area contributed by atoms with Gasteiger partial charge in [-0.2, -0.15) is 4.31 Å². The minimum absolute atomic E-state index is 0.0215. The molecule has 0 aliphatic carbocycles. The van der Waals surface area contributed by atoms with Crippen LogP contribution in [0.15, 0.2) is 29.4 Å². The number of thioether (sulfide) groups is 1. The highest BCUT2D eigenvalue weighted by Gasteiger charge is 2.51. The minimum Gasteiger partial charge on any atom is -0.459 e. The largest absolute Gasteiger partial charge is 0.459 e. The number of hydrogen-bond acceptors (Lipinski definition) is 7.